The summed E-state index contributed by atoms with van der Waals surface area (Å²) in [6.07, 6.45) is 2.50. The Balaban J connectivity index is 2.10. The highest BCUT2D eigenvalue weighted by atomic mass is 35.5. The summed E-state index contributed by atoms with van der Waals surface area (Å²) in [5.74, 6) is 0. The van der Waals surface area contributed by atoms with Crippen LogP contribution in [0.2, 0.25) is 5.02 Å². The molecule has 0 fully saturated rings. The van der Waals surface area contributed by atoms with Crippen molar-refractivity contribution in [1.82, 2.24) is 9.38 Å². The molecule has 2 heterocycles. The van der Waals surface area contributed by atoms with Gasteiger partial charge in [-0.1, -0.05) is 29.8 Å². The summed E-state index contributed by atoms with van der Waals surface area (Å²) >= 11 is 5.89. The molecule has 0 radical (unpaired) electrons. The van der Waals surface area contributed by atoms with Crippen LogP contribution in [0.1, 0.15) is 22.5 Å². The Morgan fingerprint density at radius 1 is 1.25 bits per heavy atom. The maximum absolute atomic E-state index is 9.39. The summed E-state index contributed by atoms with van der Waals surface area (Å²) in [5.41, 5.74) is 4.38. The zero-order chi connectivity index (χ0) is 14.1. The van der Waals surface area contributed by atoms with Gasteiger partial charge in [-0.15, -0.1) is 0 Å². The number of nitrogens with zero attached hydrogens (tertiary/aromatic N) is 3. The van der Waals surface area contributed by atoms with Crippen molar-refractivity contribution in [3.63, 3.8) is 0 Å². The second-order valence-electron chi connectivity index (χ2n) is 4.71. The molecule has 3 rings (SSSR count). The second kappa shape index (κ2) is 4.99. The van der Waals surface area contributed by atoms with Crippen LogP contribution in [-0.2, 0) is 6.42 Å². The second-order valence-corrected chi connectivity index (χ2v) is 5.14. The van der Waals surface area contributed by atoms with Gasteiger partial charge in [-0.05, 0) is 36.2 Å². The van der Waals surface area contributed by atoms with Crippen LogP contribution >= 0.6 is 11.6 Å². The van der Waals surface area contributed by atoms with Gasteiger partial charge in [-0.2, -0.15) is 5.26 Å². The Kier molecular flexibility index (Phi) is 3.17. The zero-order valence-corrected chi connectivity index (χ0v) is 11.7. The van der Waals surface area contributed by atoms with Gasteiger partial charge in [0.2, 0.25) is 0 Å². The molecule has 20 heavy (non-hydrogen) atoms. The van der Waals surface area contributed by atoms with E-state index < -0.39 is 0 Å². The van der Waals surface area contributed by atoms with E-state index in [1.807, 2.05) is 53.9 Å². The van der Waals surface area contributed by atoms with Crippen molar-refractivity contribution in [1.29, 1.82) is 5.26 Å². The molecule has 0 N–H and O–H groups in total. The molecule has 0 spiro atoms. The number of hydrogen-bond donors (Lipinski definition) is 0. The predicted octanol–water partition coefficient (Wildman–Crippen LogP) is 3.76. The van der Waals surface area contributed by atoms with Gasteiger partial charge in [-0.3, -0.25) is 4.40 Å². The van der Waals surface area contributed by atoms with E-state index in [4.69, 9.17) is 11.6 Å². The van der Waals surface area contributed by atoms with Crippen molar-refractivity contribution >= 4 is 17.2 Å². The number of hydrogen-bond acceptors (Lipinski definition) is 2. The number of halogens is 1. The van der Waals surface area contributed by atoms with Crippen molar-refractivity contribution in [2.75, 3.05) is 0 Å². The molecule has 0 saturated heterocycles. The summed E-state index contributed by atoms with van der Waals surface area (Å²) in [6, 6.07) is 13.8. The van der Waals surface area contributed by atoms with Gasteiger partial charge >= 0.3 is 0 Å². The van der Waals surface area contributed by atoms with E-state index >= 15 is 0 Å². The number of pyridine rings is 1. The molecule has 3 nitrogen and oxygen atoms in total. The first kappa shape index (κ1) is 12.7. The molecule has 0 aliphatic carbocycles. The topological polar surface area (TPSA) is 41.1 Å². The monoisotopic (exact) mass is 281 g/mol. The van der Waals surface area contributed by atoms with Gasteiger partial charge < -0.3 is 0 Å². The average Bonchev–Trinajstić information content (AvgIpc) is 2.80. The van der Waals surface area contributed by atoms with Gasteiger partial charge in [-0.25, -0.2) is 4.98 Å². The average molecular weight is 282 g/mol. The number of aryl methyl sites for hydroxylation is 1. The van der Waals surface area contributed by atoms with E-state index in [9.17, 15) is 5.26 Å². The smallest absolute Gasteiger partial charge is 0.148 e. The van der Waals surface area contributed by atoms with Gasteiger partial charge in [0.15, 0.2) is 0 Å². The molecule has 0 aliphatic rings. The molecule has 3 aromatic rings. The lowest BCUT2D eigenvalue weighted by Gasteiger charge is -1.99. The van der Waals surface area contributed by atoms with Crippen LogP contribution in [0, 0.1) is 18.3 Å². The van der Waals surface area contributed by atoms with E-state index in [0.717, 1.165) is 22.5 Å². The summed E-state index contributed by atoms with van der Waals surface area (Å²) in [4.78, 5) is 4.61. The Hall–Kier alpha value is -2.31. The Bertz CT molecular complexity index is 810. The standard InChI is InChI=1S/C16H12ClN3/c1-11-3-2-8-20-15(10-18)14(19-16(11)20)9-12-4-6-13(17)7-5-12/h2-8H,9H2,1H3. The fourth-order valence-electron chi connectivity index (χ4n) is 2.29. The van der Waals surface area contributed by atoms with E-state index in [1.165, 1.54) is 0 Å². The first-order chi connectivity index (χ1) is 9.69. The molecule has 2 aromatic heterocycles. The third-order valence-corrected chi connectivity index (χ3v) is 3.56. The molecule has 98 valence electrons. The molecular formula is C16H12ClN3. The molecule has 0 unspecified atom stereocenters. The largest absolute Gasteiger partial charge is 0.291 e. The molecular weight excluding hydrogens is 270 g/mol. The molecule has 0 bridgehead atoms. The maximum atomic E-state index is 9.39. The SMILES string of the molecule is Cc1cccn2c(C#N)c(Cc3ccc(Cl)cc3)nc12. The maximum Gasteiger partial charge on any atom is 0.148 e. The van der Waals surface area contributed by atoms with Gasteiger partial charge in [0.25, 0.3) is 0 Å². The zero-order valence-electron chi connectivity index (χ0n) is 11.0. The summed E-state index contributed by atoms with van der Waals surface area (Å²) in [6.45, 7) is 2.00. The highest BCUT2D eigenvalue weighted by molar-refractivity contribution is 6.30. The minimum absolute atomic E-state index is 0.596. The van der Waals surface area contributed by atoms with Crippen LogP contribution in [0.3, 0.4) is 0 Å². The fourth-order valence-corrected chi connectivity index (χ4v) is 2.41. The van der Waals surface area contributed by atoms with Crippen LogP contribution in [0.4, 0.5) is 0 Å². The number of aromatic nitrogens is 2. The molecule has 0 aliphatic heterocycles. The van der Waals surface area contributed by atoms with E-state index in [1.54, 1.807) is 0 Å². The molecule has 0 amide bonds. The molecule has 0 atom stereocenters. The number of nitriles is 1. The lowest BCUT2D eigenvalue weighted by Crippen LogP contribution is -1.93. The van der Waals surface area contributed by atoms with Crippen molar-refractivity contribution in [2.24, 2.45) is 0 Å². The molecule has 0 saturated carbocycles. The Morgan fingerprint density at radius 2 is 2.00 bits per heavy atom. The minimum Gasteiger partial charge on any atom is -0.291 e. The van der Waals surface area contributed by atoms with Crippen LogP contribution in [0.5, 0.6) is 0 Å². The van der Waals surface area contributed by atoms with E-state index in [0.29, 0.717) is 17.1 Å². The van der Waals surface area contributed by atoms with Crippen molar-refractivity contribution < 1.29 is 0 Å². The normalized spacial score (nSPS) is 10.7. The Labute approximate surface area is 122 Å². The number of rotatable bonds is 2. The predicted molar refractivity (Wildman–Crippen MR) is 78.9 cm³/mol. The van der Waals surface area contributed by atoms with Crippen LogP contribution in [0.15, 0.2) is 42.6 Å². The quantitative estimate of drug-likeness (QED) is 0.718. The minimum atomic E-state index is 0.596. The lowest BCUT2D eigenvalue weighted by atomic mass is 10.1. The number of imidazole rings is 1. The third-order valence-electron chi connectivity index (χ3n) is 3.31. The van der Waals surface area contributed by atoms with E-state index in [2.05, 4.69) is 11.1 Å². The Morgan fingerprint density at radius 3 is 2.70 bits per heavy atom. The summed E-state index contributed by atoms with van der Waals surface area (Å²) in [5, 5.41) is 10.1. The van der Waals surface area contributed by atoms with Crippen LogP contribution < -0.4 is 0 Å². The molecule has 1 aromatic carbocycles. The van der Waals surface area contributed by atoms with Gasteiger partial charge in [0.05, 0.1) is 5.69 Å². The van der Waals surface area contributed by atoms with Crippen LogP contribution in [0.25, 0.3) is 5.65 Å². The molecule has 4 heteroatoms. The highest BCUT2D eigenvalue weighted by Gasteiger charge is 2.13. The van der Waals surface area contributed by atoms with E-state index in [-0.39, 0.29) is 0 Å². The number of fused-ring (bicyclic) bond motifs is 1. The summed E-state index contributed by atoms with van der Waals surface area (Å²) in [7, 11) is 0. The van der Waals surface area contributed by atoms with Crippen molar-refractivity contribution in [3.8, 4) is 6.07 Å². The summed E-state index contributed by atoms with van der Waals surface area (Å²) < 4.78 is 1.85. The lowest BCUT2D eigenvalue weighted by molar-refractivity contribution is 1.09. The van der Waals surface area contributed by atoms with Gasteiger partial charge in [0.1, 0.15) is 17.4 Å². The highest BCUT2D eigenvalue weighted by Crippen LogP contribution is 2.19. The first-order valence-electron chi connectivity index (χ1n) is 6.30. The van der Waals surface area contributed by atoms with Crippen LogP contribution in [-0.4, -0.2) is 9.38 Å². The number of benzene rings is 1. The van der Waals surface area contributed by atoms with Crippen molar-refractivity contribution in [3.05, 3.63) is 70.1 Å². The van der Waals surface area contributed by atoms with Gasteiger partial charge in [0, 0.05) is 17.6 Å². The third kappa shape index (κ3) is 2.15. The van der Waals surface area contributed by atoms with Crippen molar-refractivity contribution in [2.45, 2.75) is 13.3 Å². The first-order valence-corrected chi connectivity index (χ1v) is 6.68. The fraction of sp³-hybridized carbons (Fsp3) is 0.125.